The van der Waals surface area contributed by atoms with E-state index in [-0.39, 0.29) is 13.0 Å². The lowest BCUT2D eigenvalue weighted by Gasteiger charge is -2.21. The van der Waals surface area contributed by atoms with Crippen LogP contribution in [0.4, 0.5) is 4.79 Å². The number of hydrogen-bond acceptors (Lipinski definition) is 5. The zero-order chi connectivity index (χ0) is 16.9. The van der Waals surface area contributed by atoms with Crippen LogP contribution in [0.25, 0.3) is 0 Å². The molecule has 0 saturated carbocycles. The van der Waals surface area contributed by atoms with Gasteiger partial charge in [0.05, 0.1) is 6.10 Å². The molecule has 124 valence electrons. The number of halogens is 1. The highest BCUT2D eigenvalue weighted by Gasteiger charge is 2.21. The van der Waals surface area contributed by atoms with E-state index >= 15 is 0 Å². The van der Waals surface area contributed by atoms with E-state index in [1.54, 1.807) is 39.8 Å². The molecule has 0 radical (unpaired) electrons. The lowest BCUT2D eigenvalue weighted by atomic mass is 10.0. The number of aromatic nitrogens is 1. The minimum Gasteiger partial charge on any atom is -0.444 e. The lowest BCUT2D eigenvalue weighted by Crippen LogP contribution is -2.34. The van der Waals surface area contributed by atoms with Crippen molar-refractivity contribution in [3.8, 4) is 0 Å². The Morgan fingerprint density at radius 3 is 2.59 bits per heavy atom. The first kappa shape index (κ1) is 18.7. The number of amides is 1. The fourth-order valence-electron chi connectivity index (χ4n) is 1.86. The van der Waals surface area contributed by atoms with E-state index in [4.69, 9.17) is 16.3 Å². The van der Waals surface area contributed by atoms with Gasteiger partial charge in [-0.05, 0) is 40.2 Å². The molecule has 0 aliphatic rings. The number of hydrogen-bond donors (Lipinski definition) is 3. The van der Waals surface area contributed by atoms with Gasteiger partial charge in [0.1, 0.15) is 16.9 Å². The van der Waals surface area contributed by atoms with Gasteiger partial charge in [0, 0.05) is 17.8 Å². The number of nitrogens with zero attached hydrogens (tertiary/aromatic N) is 1. The maximum atomic E-state index is 11.5. The molecule has 7 heteroatoms. The second kappa shape index (κ2) is 7.76. The highest BCUT2D eigenvalue weighted by atomic mass is 35.5. The Labute approximate surface area is 135 Å². The first-order chi connectivity index (χ1) is 10.1. The fraction of sp³-hybridized carbons (Fsp3) is 0.600. The Kier molecular flexibility index (Phi) is 6.59. The van der Waals surface area contributed by atoms with Gasteiger partial charge in [-0.25, -0.2) is 9.78 Å². The molecule has 0 spiro atoms. The summed E-state index contributed by atoms with van der Waals surface area (Å²) in [6.07, 6.45) is -2.50. The minimum absolute atomic E-state index is 0.183. The molecule has 0 aliphatic carbocycles. The quantitative estimate of drug-likeness (QED) is 0.721. The smallest absolute Gasteiger partial charge is 0.407 e. The van der Waals surface area contributed by atoms with Crippen LogP contribution in [0.1, 0.15) is 44.6 Å². The Balaban J connectivity index is 2.48. The second-order valence-electron chi connectivity index (χ2n) is 6.04. The van der Waals surface area contributed by atoms with Gasteiger partial charge in [-0.3, -0.25) is 0 Å². The summed E-state index contributed by atoms with van der Waals surface area (Å²) < 4.78 is 5.08. The lowest BCUT2D eigenvalue weighted by molar-refractivity contribution is 0.0117. The molecule has 1 heterocycles. The second-order valence-corrected chi connectivity index (χ2v) is 6.43. The van der Waals surface area contributed by atoms with Crippen LogP contribution < -0.4 is 5.32 Å². The maximum absolute atomic E-state index is 11.5. The highest BCUT2D eigenvalue weighted by Crippen LogP contribution is 2.22. The van der Waals surface area contributed by atoms with E-state index in [1.807, 2.05) is 0 Å². The maximum Gasteiger partial charge on any atom is 0.407 e. The highest BCUT2D eigenvalue weighted by molar-refractivity contribution is 6.29. The molecule has 0 fully saturated rings. The Hall–Kier alpha value is -1.37. The first-order valence-electron chi connectivity index (χ1n) is 7.06. The topological polar surface area (TPSA) is 91.7 Å². The van der Waals surface area contributed by atoms with Gasteiger partial charge < -0.3 is 20.3 Å². The Morgan fingerprint density at radius 1 is 1.41 bits per heavy atom. The molecule has 0 aromatic carbocycles. The zero-order valence-electron chi connectivity index (χ0n) is 13.3. The van der Waals surface area contributed by atoms with Gasteiger partial charge in [-0.2, -0.15) is 0 Å². The van der Waals surface area contributed by atoms with Crippen LogP contribution in [0.15, 0.2) is 12.1 Å². The first-order valence-corrected chi connectivity index (χ1v) is 7.44. The van der Waals surface area contributed by atoms with Gasteiger partial charge in [0.25, 0.3) is 0 Å². The van der Waals surface area contributed by atoms with Crippen molar-refractivity contribution in [1.82, 2.24) is 10.3 Å². The van der Waals surface area contributed by atoms with Crippen LogP contribution in [0.3, 0.4) is 0 Å². The van der Waals surface area contributed by atoms with Crippen molar-refractivity contribution >= 4 is 17.7 Å². The number of rotatable bonds is 5. The van der Waals surface area contributed by atoms with Crippen molar-refractivity contribution in [3.63, 3.8) is 0 Å². The summed E-state index contributed by atoms with van der Waals surface area (Å²) >= 11 is 5.76. The summed E-state index contributed by atoms with van der Waals surface area (Å²) in [5, 5.41) is 23.0. The molecular weight excluding hydrogens is 308 g/mol. The predicted octanol–water partition coefficient (Wildman–Crippen LogP) is 2.35. The van der Waals surface area contributed by atoms with Crippen LogP contribution in [0.2, 0.25) is 5.15 Å². The summed E-state index contributed by atoms with van der Waals surface area (Å²) in [6, 6.07) is 3.18. The molecule has 3 N–H and O–H groups in total. The number of carbonyl (C=O) groups excluding carboxylic acids is 1. The van der Waals surface area contributed by atoms with E-state index in [9.17, 15) is 15.0 Å². The van der Waals surface area contributed by atoms with Gasteiger partial charge in [-0.1, -0.05) is 17.7 Å². The third kappa shape index (κ3) is 6.17. The Morgan fingerprint density at radius 2 is 2.05 bits per heavy atom. The number of ether oxygens (including phenoxy) is 1. The van der Waals surface area contributed by atoms with E-state index in [0.29, 0.717) is 16.4 Å². The summed E-state index contributed by atoms with van der Waals surface area (Å²) in [7, 11) is 0. The van der Waals surface area contributed by atoms with Crippen LogP contribution in [-0.2, 0) is 4.74 Å². The van der Waals surface area contributed by atoms with Gasteiger partial charge in [0.2, 0.25) is 0 Å². The molecule has 6 nitrogen and oxygen atoms in total. The third-order valence-corrected chi connectivity index (χ3v) is 3.09. The third-order valence-electron chi connectivity index (χ3n) is 2.88. The number of alkyl carbamates (subject to hydrolysis) is 1. The van der Waals surface area contributed by atoms with Crippen LogP contribution >= 0.6 is 11.6 Å². The molecule has 2 unspecified atom stereocenters. The summed E-state index contributed by atoms with van der Waals surface area (Å²) in [4.78, 5) is 15.5. The number of carbonyl (C=O) groups is 1. The van der Waals surface area contributed by atoms with Gasteiger partial charge in [0.15, 0.2) is 0 Å². The number of aliphatic hydroxyl groups is 2. The summed E-state index contributed by atoms with van der Waals surface area (Å²) in [5.74, 6) is 0. The summed E-state index contributed by atoms with van der Waals surface area (Å²) in [5.41, 5.74) is 0.488. The molecule has 1 amide bonds. The van der Waals surface area contributed by atoms with Crippen molar-refractivity contribution in [3.05, 3.63) is 28.5 Å². The van der Waals surface area contributed by atoms with Crippen LogP contribution in [-0.4, -0.2) is 39.5 Å². The minimum atomic E-state index is -1.09. The van der Waals surface area contributed by atoms with Crippen molar-refractivity contribution in [2.24, 2.45) is 0 Å². The van der Waals surface area contributed by atoms with E-state index in [0.717, 1.165) is 0 Å². The van der Waals surface area contributed by atoms with Crippen molar-refractivity contribution in [1.29, 1.82) is 0 Å². The molecule has 1 aromatic heterocycles. The molecule has 1 aromatic rings. The Bertz CT molecular complexity index is 517. The molecule has 0 saturated heterocycles. The number of aliphatic hydroxyl groups excluding tert-OH is 2. The molecule has 0 aliphatic heterocycles. The molecule has 2 atom stereocenters. The van der Waals surface area contributed by atoms with E-state index in [1.165, 1.54) is 0 Å². The predicted molar refractivity (Wildman–Crippen MR) is 83.8 cm³/mol. The summed E-state index contributed by atoms with van der Waals surface area (Å²) in [6.45, 7) is 7.19. The standard InChI is InChI=1S/C15H23ClN2O4/c1-9-10(5-6-12(16)18-9)13(20)11(19)7-8-17-14(21)22-15(2,3)4/h5-6,11,13,19-20H,7-8H2,1-4H3,(H,17,21). The molecule has 0 bridgehead atoms. The van der Waals surface area contributed by atoms with Gasteiger partial charge >= 0.3 is 6.09 Å². The SMILES string of the molecule is Cc1nc(Cl)ccc1C(O)C(O)CCNC(=O)OC(C)(C)C. The van der Waals surface area contributed by atoms with Crippen molar-refractivity contribution in [2.75, 3.05) is 6.54 Å². The molecular formula is C15H23ClN2O4. The fourth-order valence-corrected chi connectivity index (χ4v) is 2.04. The molecule has 1 rings (SSSR count). The zero-order valence-corrected chi connectivity index (χ0v) is 14.0. The largest absolute Gasteiger partial charge is 0.444 e. The monoisotopic (exact) mass is 330 g/mol. The van der Waals surface area contributed by atoms with Crippen molar-refractivity contribution in [2.45, 2.75) is 51.9 Å². The van der Waals surface area contributed by atoms with Crippen molar-refractivity contribution < 1.29 is 19.7 Å². The number of aryl methyl sites for hydroxylation is 1. The average molecular weight is 331 g/mol. The number of pyridine rings is 1. The van der Waals surface area contributed by atoms with E-state index in [2.05, 4.69) is 10.3 Å². The number of nitrogens with one attached hydrogen (secondary N) is 1. The van der Waals surface area contributed by atoms with E-state index < -0.39 is 23.9 Å². The molecule has 22 heavy (non-hydrogen) atoms. The van der Waals surface area contributed by atoms with Gasteiger partial charge in [-0.15, -0.1) is 0 Å². The van der Waals surface area contributed by atoms with Crippen LogP contribution in [0.5, 0.6) is 0 Å². The average Bonchev–Trinajstić information content (AvgIpc) is 2.35. The normalized spacial score (nSPS) is 14.3. The van der Waals surface area contributed by atoms with Crippen LogP contribution in [0, 0.1) is 6.92 Å².